The third kappa shape index (κ3) is 4.62. The number of carbonyl (C=O) groups excluding carboxylic acids is 1. The van der Waals surface area contributed by atoms with Crippen molar-refractivity contribution in [2.75, 3.05) is 38.0 Å². The Hall–Kier alpha value is -2.26. The van der Waals surface area contributed by atoms with Crippen molar-refractivity contribution in [3.63, 3.8) is 0 Å². The van der Waals surface area contributed by atoms with Gasteiger partial charge in [0, 0.05) is 26.1 Å². The fraction of sp³-hybridized carbons (Fsp3) is 0.600. The zero-order valence-corrected chi connectivity index (χ0v) is 14.0. The van der Waals surface area contributed by atoms with Gasteiger partial charge >= 0.3 is 0 Å². The molecule has 0 radical (unpaired) electrons. The molecule has 3 heterocycles. The standard InChI is InChI=1S/C15H22N6O3/c1-11-8-15(24-18-11)17-14(22)10-21-5-3-4-20(6-7-21)9-13-16-12(2)23-19-13/h8H,3-7,9-10H2,1-2H3,(H,17,22). The largest absolute Gasteiger partial charge is 0.340 e. The molecule has 1 aliphatic heterocycles. The number of anilines is 1. The number of rotatable bonds is 5. The van der Waals surface area contributed by atoms with Crippen LogP contribution < -0.4 is 5.32 Å². The maximum Gasteiger partial charge on any atom is 0.240 e. The van der Waals surface area contributed by atoms with Crippen molar-refractivity contribution in [1.82, 2.24) is 25.1 Å². The van der Waals surface area contributed by atoms with Crippen LogP contribution in [0.5, 0.6) is 0 Å². The minimum absolute atomic E-state index is 0.0895. The first-order chi connectivity index (χ1) is 11.6. The molecule has 1 fully saturated rings. The van der Waals surface area contributed by atoms with Gasteiger partial charge in [-0.15, -0.1) is 0 Å². The third-order valence-electron chi connectivity index (χ3n) is 3.87. The SMILES string of the molecule is Cc1cc(NC(=O)CN2CCCN(Cc3noc(C)n3)CC2)on1. The van der Waals surface area contributed by atoms with Crippen LogP contribution in [0.25, 0.3) is 0 Å². The van der Waals surface area contributed by atoms with Gasteiger partial charge in [0.05, 0.1) is 18.8 Å². The lowest BCUT2D eigenvalue weighted by molar-refractivity contribution is -0.117. The molecule has 1 aliphatic rings. The fourth-order valence-corrected chi connectivity index (χ4v) is 2.75. The molecule has 130 valence electrons. The predicted molar refractivity (Wildman–Crippen MR) is 85.2 cm³/mol. The van der Waals surface area contributed by atoms with Crippen molar-refractivity contribution < 1.29 is 13.8 Å². The lowest BCUT2D eigenvalue weighted by atomic mass is 10.3. The van der Waals surface area contributed by atoms with E-state index in [1.807, 2.05) is 6.92 Å². The van der Waals surface area contributed by atoms with Gasteiger partial charge in [-0.1, -0.05) is 10.3 Å². The third-order valence-corrected chi connectivity index (χ3v) is 3.87. The number of aromatic nitrogens is 3. The Labute approximate surface area is 140 Å². The molecule has 0 bridgehead atoms. The molecular formula is C15H22N6O3. The maximum absolute atomic E-state index is 12.1. The molecule has 9 heteroatoms. The summed E-state index contributed by atoms with van der Waals surface area (Å²) >= 11 is 0. The Morgan fingerprint density at radius 1 is 1.17 bits per heavy atom. The average Bonchev–Trinajstić information content (AvgIpc) is 3.05. The molecule has 0 saturated carbocycles. The van der Waals surface area contributed by atoms with Crippen LogP contribution in [0.4, 0.5) is 5.88 Å². The van der Waals surface area contributed by atoms with Crippen molar-refractivity contribution in [3.8, 4) is 0 Å². The smallest absolute Gasteiger partial charge is 0.240 e. The van der Waals surface area contributed by atoms with E-state index in [2.05, 4.69) is 30.4 Å². The van der Waals surface area contributed by atoms with Crippen LogP contribution in [0.2, 0.25) is 0 Å². The highest BCUT2D eigenvalue weighted by Gasteiger charge is 2.19. The topological polar surface area (TPSA) is 101 Å². The first kappa shape index (κ1) is 16.6. The van der Waals surface area contributed by atoms with Gasteiger partial charge in [-0.25, -0.2) is 0 Å². The summed E-state index contributed by atoms with van der Waals surface area (Å²) in [5.41, 5.74) is 0.743. The van der Waals surface area contributed by atoms with Crippen molar-refractivity contribution >= 4 is 11.8 Å². The Bertz CT molecular complexity index is 682. The Morgan fingerprint density at radius 2 is 1.96 bits per heavy atom. The van der Waals surface area contributed by atoms with E-state index in [0.717, 1.165) is 38.3 Å². The predicted octanol–water partition coefficient (Wildman–Crippen LogP) is 0.821. The summed E-state index contributed by atoms with van der Waals surface area (Å²) in [6.45, 7) is 8.13. The van der Waals surface area contributed by atoms with Crippen LogP contribution in [0.1, 0.15) is 23.8 Å². The van der Waals surface area contributed by atoms with Gasteiger partial charge in [-0.3, -0.25) is 19.9 Å². The molecule has 3 rings (SSSR count). The number of aryl methyl sites for hydroxylation is 2. The van der Waals surface area contributed by atoms with Gasteiger partial charge in [0.1, 0.15) is 0 Å². The maximum atomic E-state index is 12.1. The molecule has 1 amide bonds. The summed E-state index contributed by atoms with van der Waals surface area (Å²) in [7, 11) is 0. The first-order valence-corrected chi connectivity index (χ1v) is 8.05. The van der Waals surface area contributed by atoms with Gasteiger partial charge < -0.3 is 9.05 Å². The van der Waals surface area contributed by atoms with Crippen molar-refractivity contribution in [3.05, 3.63) is 23.5 Å². The molecule has 0 aromatic carbocycles. The summed E-state index contributed by atoms with van der Waals surface area (Å²) < 4.78 is 10.0. The molecule has 0 atom stereocenters. The molecule has 2 aromatic rings. The Balaban J connectivity index is 1.45. The first-order valence-electron chi connectivity index (χ1n) is 8.05. The monoisotopic (exact) mass is 334 g/mol. The molecule has 2 aromatic heterocycles. The Morgan fingerprint density at radius 3 is 2.67 bits per heavy atom. The van der Waals surface area contributed by atoms with Gasteiger partial charge in [-0.2, -0.15) is 4.98 Å². The van der Waals surface area contributed by atoms with Crippen LogP contribution in [0.15, 0.2) is 15.1 Å². The molecule has 1 N–H and O–H groups in total. The van der Waals surface area contributed by atoms with E-state index >= 15 is 0 Å². The second-order valence-corrected chi connectivity index (χ2v) is 6.02. The normalized spacial score (nSPS) is 16.9. The highest BCUT2D eigenvalue weighted by Crippen LogP contribution is 2.10. The van der Waals surface area contributed by atoms with Crippen LogP contribution >= 0.6 is 0 Å². The highest BCUT2D eigenvalue weighted by atomic mass is 16.5. The van der Waals surface area contributed by atoms with Crippen LogP contribution in [0.3, 0.4) is 0 Å². The average molecular weight is 334 g/mol. The summed E-state index contributed by atoms with van der Waals surface area (Å²) in [6.07, 6.45) is 0.992. The van der Waals surface area contributed by atoms with E-state index in [1.54, 1.807) is 13.0 Å². The van der Waals surface area contributed by atoms with Gasteiger partial charge in [0.2, 0.25) is 17.7 Å². The van der Waals surface area contributed by atoms with E-state index in [4.69, 9.17) is 9.05 Å². The number of nitrogens with zero attached hydrogens (tertiary/aromatic N) is 5. The van der Waals surface area contributed by atoms with E-state index in [0.29, 0.717) is 30.7 Å². The number of hydrogen-bond acceptors (Lipinski definition) is 8. The van der Waals surface area contributed by atoms with E-state index in [9.17, 15) is 4.79 Å². The molecule has 24 heavy (non-hydrogen) atoms. The van der Waals surface area contributed by atoms with Crippen LogP contribution in [-0.2, 0) is 11.3 Å². The van der Waals surface area contributed by atoms with Gasteiger partial charge in [-0.05, 0) is 26.4 Å². The summed E-state index contributed by atoms with van der Waals surface area (Å²) in [5, 5.41) is 10.4. The molecule has 0 unspecified atom stereocenters. The van der Waals surface area contributed by atoms with Gasteiger partial charge in [0.15, 0.2) is 5.82 Å². The lowest BCUT2D eigenvalue weighted by Gasteiger charge is -2.20. The number of hydrogen-bond donors (Lipinski definition) is 1. The van der Waals surface area contributed by atoms with Crippen LogP contribution in [-0.4, -0.2) is 63.7 Å². The number of nitrogens with one attached hydrogen (secondary N) is 1. The second kappa shape index (κ2) is 7.54. The zero-order chi connectivity index (χ0) is 16.9. The lowest BCUT2D eigenvalue weighted by Crippen LogP contribution is -2.36. The summed E-state index contributed by atoms with van der Waals surface area (Å²) in [5.74, 6) is 1.59. The molecule has 0 spiro atoms. The number of carbonyl (C=O) groups is 1. The molecular weight excluding hydrogens is 312 g/mol. The second-order valence-electron chi connectivity index (χ2n) is 6.02. The number of amides is 1. The van der Waals surface area contributed by atoms with Crippen molar-refractivity contribution in [1.29, 1.82) is 0 Å². The molecule has 9 nitrogen and oxygen atoms in total. The van der Waals surface area contributed by atoms with Crippen molar-refractivity contribution in [2.45, 2.75) is 26.8 Å². The van der Waals surface area contributed by atoms with E-state index in [-0.39, 0.29) is 5.91 Å². The van der Waals surface area contributed by atoms with E-state index < -0.39 is 0 Å². The zero-order valence-electron chi connectivity index (χ0n) is 14.0. The minimum atomic E-state index is -0.0895. The minimum Gasteiger partial charge on any atom is -0.340 e. The molecule has 1 saturated heterocycles. The van der Waals surface area contributed by atoms with Gasteiger partial charge in [0.25, 0.3) is 0 Å². The summed E-state index contributed by atoms with van der Waals surface area (Å²) in [4.78, 5) is 20.7. The quantitative estimate of drug-likeness (QED) is 0.858. The Kier molecular flexibility index (Phi) is 5.21. The van der Waals surface area contributed by atoms with Crippen LogP contribution in [0, 0.1) is 13.8 Å². The fourth-order valence-electron chi connectivity index (χ4n) is 2.75. The van der Waals surface area contributed by atoms with Crippen molar-refractivity contribution in [2.24, 2.45) is 0 Å². The molecule has 0 aliphatic carbocycles. The van der Waals surface area contributed by atoms with E-state index in [1.165, 1.54) is 0 Å². The highest BCUT2D eigenvalue weighted by molar-refractivity contribution is 5.90. The summed E-state index contributed by atoms with van der Waals surface area (Å²) in [6, 6.07) is 1.70.